The van der Waals surface area contributed by atoms with Crippen molar-refractivity contribution >= 4 is 87.3 Å². The van der Waals surface area contributed by atoms with Crippen LogP contribution in [0.5, 0.6) is 5.75 Å². The van der Waals surface area contributed by atoms with Crippen LogP contribution in [0.15, 0.2) is 71.9 Å². The zero-order valence-corrected chi connectivity index (χ0v) is 46.5. The number of likely N-dealkylation sites (tertiary alicyclic amines) is 2. The third-order valence-electron chi connectivity index (χ3n) is 15.9. The van der Waals surface area contributed by atoms with E-state index < -0.39 is 31.1 Å². The zero-order chi connectivity index (χ0) is 53.0. The van der Waals surface area contributed by atoms with Crippen molar-refractivity contribution in [3.8, 4) is 5.75 Å². The van der Waals surface area contributed by atoms with Crippen molar-refractivity contribution in [3.63, 3.8) is 0 Å². The predicted octanol–water partition coefficient (Wildman–Crippen LogP) is 7.95. The van der Waals surface area contributed by atoms with Crippen LogP contribution in [0.2, 0.25) is 5.02 Å². The van der Waals surface area contributed by atoms with Gasteiger partial charge in [-0.1, -0.05) is 30.2 Å². The summed E-state index contributed by atoms with van der Waals surface area (Å²) in [5, 5.41) is 14.7. The molecule has 6 atom stereocenters. The van der Waals surface area contributed by atoms with E-state index in [4.69, 9.17) is 21.3 Å². The molecule has 0 bridgehead atoms. The number of likely N-dealkylation sites (N-methyl/N-ethyl adjacent to an activating group) is 1. The SMILES string of the molecule is CN[C@@H](C)C(=O)N[C@H](C(=O)N1CCC[C@H]1C1=NC(C(=O)c2ccc(F)cc2)CS1)C1CCN(C2CCCC(N3CCN(c4cc(OC)c(Nc5ncc(Cl)c(Nc6ccccc6P(C)(C)=O)n5)cc4C)CC3)C2)CC1. The number of Topliss-reactive ketones (excluding diaryl/α,β-unsaturated/α-hetero) is 1. The molecule has 4 fully saturated rings. The number of ketones is 1. The summed E-state index contributed by atoms with van der Waals surface area (Å²) in [4.78, 5) is 65.2. The summed E-state index contributed by atoms with van der Waals surface area (Å²) >= 11 is 8.08. The van der Waals surface area contributed by atoms with Gasteiger partial charge in [0.15, 0.2) is 11.6 Å². The van der Waals surface area contributed by atoms with Gasteiger partial charge in [0.05, 0.1) is 41.8 Å². The number of nitrogens with one attached hydrogen (secondary N) is 4. The minimum absolute atomic E-state index is 0.0112. The van der Waals surface area contributed by atoms with Crippen LogP contribution in [-0.2, 0) is 14.2 Å². The van der Waals surface area contributed by atoms with Gasteiger partial charge >= 0.3 is 0 Å². The maximum atomic E-state index is 14.7. The van der Waals surface area contributed by atoms with Gasteiger partial charge in [0.1, 0.15) is 35.8 Å². The largest absolute Gasteiger partial charge is 0.494 e. The molecule has 402 valence electrons. The maximum absolute atomic E-state index is 14.7. The Bertz CT molecular complexity index is 2790. The number of carbonyl (C=O) groups is 3. The summed E-state index contributed by atoms with van der Waals surface area (Å²) in [7, 11) is 0.838. The van der Waals surface area contributed by atoms with Crippen molar-refractivity contribution in [1.29, 1.82) is 0 Å². The highest BCUT2D eigenvalue weighted by Gasteiger charge is 2.43. The molecule has 3 aromatic carbocycles. The van der Waals surface area contributed by atoms with E-state index in [1.54, 1.807) is 33.7 Å². The number of aliphatic imine (C=N–C) groups is 1. The number of methoxy groups -OCH3 is 1. The topological polar surface area (TPSA) is 177 Å². The number of para-hydroxylation sites is 1. The molecule has 9 rings (SSSR count). The first-order valence-corrected chi connectivity index (χ1v) is 30.5. The van der Waals surface area contributed by atoms with Crippen LogP contribution < -0.4 is 36.2 Å². The lowest BCUT2D eigenvalue weighted by Crippen LogP contribution is -2.59. The molecule has 1 aromatic heterocycles. The Kier molecular flexibility index (Phi) is 17.5. The summed E-state index contributed by atoms with van der Waals surface area (Å²) in [5.41, 5.74) is 4.07. The van der Waals surface area contributed by atoms with Crippen molar-refractivity contribution in [1.82, 2.24) is 35.3 Å². The summed E-state index contributed by atoms with van der Waals surface area (Å²) in [6, 6.07) is 16.2. The smallest absolute Gasteiger partial charge is 0.246 e. The first-order valence-electron chi connectivity index (χ1n) is 26.5. The second kappa shape index (κ2) is 24.1. The molecule has 2 amide bonds. The highest BCUT2D eigenvalue weighted by Crippen LogP contribution is 2.40. The molecule has 5 aliphatic rings. The normalized spacial score (nSPS) is 22.9. The minimum atomic E-state index is -2.58. The fourth-order valence-corrected chi connectivity index (χ4v) is 14.1. The Hall–Kier alpha value is -5.10. The number of piperidine rings is 1. The molecule has 4 aliphatic heterocycles. The third kappa shape index (κ3) is 12.7. The van der Waals surface area contributed by atoms with Crippen molar-refractivity contribution < 1.29 is 28.1 Å². The standard InChI is InChI=1S/C55H72ClFN11O5PS/c1-34-29-43(62-55-59-32-41(56)51(64-55)60-42-13-7-8-15-48(42)74(5,6)72)47(73-4)31-46(34)67-27-25-66(26-28-67)40-12-9-11-39(30-40)65-23-20-36(21-24-65)49(63-52(70)35(2)58-3)54(71)68-22-10-14-45(68)53-61-44(33-75-53)50(69)37-16-18-38(57)19-17-37/h7-8,13,15-19,29,31-32,35-36,39-40,44-45,49,58H,9-12,14,20-28,30,33H2,1-6H3,(H,63,70)(H2,59,60,62,64)/t35-,39?,40?,44?,45-,49-/m0/s1. The van der Waals surface area contributed by atoms with E-state index in [-0.39, 0.29) is 29.6 Å². The van der Waals surface area contributed by atoms with E-state index in [9.17, 15) is 23.3 Å². The Morgan fingerprint density at radius 1 is 0.880 bits per heavy atom. The van der Waals surface area contributed by atoms with Crippen LogP contribution in [-0.4, -0.2) is 163 Å². The van der Waals surface area contributed by atoms with E-state index in [1.165, 1.54) is 48.9 Å². The number of rotatable bonds is 17. The number of aryl methyl sites for hydroxylation is 1. The Labute approximate surface area is 450 Å². The fraction of sp³-hybridized carbons (Fsp3) is 0.527. The number of benzene rings is 3. The lowest BCUT2D eigenvalue weighted by atomic mass is 9.84. The first kappa shape index (κ1) is 54.7. The molecule has 20 heteroatoms. The molecule has 75 heavy (non-hydrogen) atoms. The molecule has 0 spiro atoms. The van der Waals surface area contributed by atoms with E-state index in [1.807, 2.05) is 36.1 Å². The number of carbonyl (C=O) groups excluding carboxylic acids is 3. The number of nitrogens with zero attached hydrogens (tertiary/aromatic N) is 7. The monoisotopic (exact) mass is 1080 g/mol. The average Bonchev–Trinajstić information content (AvgIpc) is 4.12. The van der Waals surface area contributed by atoms with Crippen LogP contribution in [0.3, 0.4) is 0 Å². The molecular weight excluding hydrogens is 1010 g/mol. The summed E-state index contributed by atoms with van der Waals surface area (Å²) in [6.07, 6.45) is 9.37. The van der Waals surface area contributed by atoms with Crippen LogP contribution >= 0.6 is 30.5 Å². The van der Waals surface area contributed by atoms with Gasteiger partial charge in [-0.05, 0) is 146 Å². The van der Waals surface area contributed by atoms with E-state index in [0.29, 0.717) is 63.5 Å². The number of hydrogen-bond donors (Lipinski definition) is 4. The van der Waals surface area contributed by atoms with Gasteiger partial charge < -0.3 is 45.3 Å². The molecule has 1 saturated carbocycles. The van der Waals surface area contributed by atoms with Gasteiger partial charge in [0.25, 0.3) is 0 Å². The number of hydrogen-bond acceptors (Lipinski definition) is 15. The second-order valence-corrected chi connectivity index (χ2v) is 25.7. The molecule has 0 radical (unpaired) electrons. The molecule has 4 aromatic rings. The van der Waals surface area contributed by atoms with Crippen molar-refractivity contribution in [3.05, 3.63) is 88.8 Å². The number of aromatic nitrogens is 2. The lowest BCUT2D eigenvalue weighted by Gasteiger charge is -2.47. The van der Waals surface area contributed by atoms with Crippen molar-refractivity contribution in [2.24, 2.45) is 10.9 Å². The van der Waals surface area contributed by atoms with E-state index in [2.05, 4.69) is 65.0 Å². The number of thioether (sulfide) groups is 1. The highest BCUT2D eigenvalue weighted by molar-refractivity contribution is 8.14. The maximum Gasteiger partial charge on any atom is 0.246 e. The molecule has 1 aliphatic carbocycles. The van der Waals surface area contributed by atoms with Crippen LogP contribution in [0.1, 0.15) is 74.2 Å². The molecule has 3 unspecified atom stereocenters. The van der Waals surface area contributed by atoms with E-state index >= 15 is 0 Å². The summed E-state index contributed by atoms with van der Waals surface area (Å²) in [6.45, 7) is 13.4. The number of piperazine rings is 1. The first-order chi connectivity index (χ1) is 36.1. The number of halogens is 2. The predicted molar refractivity (Wildman–Crippen MR) is 301 cm³/mol. The van der Waals surface area contributed by atoms with Gasteiger partial charge in [0, 0.05) is 73.2 Å². The van der Waals surface area contributed by atoms with E-state index in [0.717, 1.165) is 99.8 Å². The fourth-order valence-electron chi connectivity index (χ4n) is 11.6. The third-order valence-corrected chi connectivity index (χ3v) is 18.9. The summed E-state index contributed by atoms with van der Waals surface area (Å²) in [5.74, 6) is 1.08. The Balaban J connectivity index is 0.795. The van der Waals surface area contributed by atoms with Gasteiger partial charge in [0.2, 0.25) is 17.8 Å². The minimum Gasteiger partial charge on any atom is -0.494 e. The second-order valence-electron chi connectivity index (χ2n) is 21.1. The van der Waals surface area contributed by atoms with Gasteiger partial charge in [-0.15, -0.1) is 11.8 Å². The zero-order valence-electron chi connectivity index (χ0n) is 44.0. The molecule has 3 saturated heterocycles. The Morgan fingerprint density at radius 3 is 2.28 bits per heavy atom. The van der Waals surface area contributed by atoms with Crippen molar-refractivity contribution in [2.45, 2.75) is 101 Å². The van der Waals surface area contributed by atoms with Crippen LogP contribution in [0.25, 0.3) is 0 Å². The van der Waals surface area contributed by atoms with Gasteiger partial charge in [-0.3, -0.25) is 24.3 Å². The van der Waals surface area contributed by atoms with Crippen LogP contribution in [0.4, 0.5) is 33.2 Å². The molecular formula is C55H72ClFN11O5PS. The quantitative estimate of drug-likeness (QED) is 0.0592. The lowest BCUT2D eigenvalue weighted by molar-refractivity contribution is -0.138. The van der Waals surface area contributed by atoms with Gasteiger partial charge in [-0.2, -0.15) is 4.98 Å². The molecule has 16 nitrogen and oxygen atoms in total. The van der Waals surface area contributed by atoms with Gasteiger partial charge in [-0.25, -0.2) is 9.37 Å². The van der Waals surface area contributed by atoms with Crippen LogP contribution in [0, 0.1) is 18.7 Å². The molecule has 4 N–H and O–H groups in total. The number of anilines is 5. The number of amides is 2. The van der Waals surface area contributed by atoms with Crippen molar-refractivity contribution in [2.75, 3.05) is 94.6 Å². The number of ether oxygens (including phenoxy) is 1. The molecule has 5 heterocycles. The summed E-state index contributed by atoms with van der Waals surface area (Å²) < 4.78 is 32.6. The average molecular weight is 1080 g/mol. The highest BCUT2D eigenvalue weighted by atomic mass is 35.5. The Morgan fingerprint density at radius 2 is 1.59 bits per heavy atom.